The molecule has 0 aromatic heterocycles. The van der Waals surface area contributed by atoms with E-state index in [1.54, 1.807) is 18.2 Å². The van der Waals surface area contributed by atoms with Crippen LogP contribution in [0.5, 0.6) is 5.75 Å². The van der Waals surface area contributed by atoms with E-state index in [1.165, 1.54) is 18.3 Å². The Balaban J connectivity index is 2.21. The number of non-ortho nitro benzene ring substituents is 1. The summed E-state index contributed by atoms with van der Waals surface area (Å²) in [6.07, 6.45) is 1.46. The number of hydrogen-bond acceptors (Lipinski definition) is 5. The van der Waals surface area contributed by atoms with Gasteiger partial charge in [-0.1, -0.05) is 15.9 Å². The highest BCUT2D eigenvalue weighted by Gasteiger charge is 2.10. The van der Waals surface area contributed by atoms with Crippen molar-refractivity contribution >= 4 is 49.7 Å². The van der Waals surface area contributed by atoms with Crippen molar-refractivity contribution in [3.05, 3.63) is 66.6 Å². The van der Waals surface area contributed by atoms with Crippen LogP contribution in [0.25, 0.3) is 0 Å². The molecule has 0 aliphatic rings. The van der Waals surface area contributed by atoms with Gasteiger partial charge in [-0.2, -0.15) is 5.10 Å². The SMILES string of the molecule is NC(N)=NN=Cc1cc(Br)cc(Br)c1OCc1ccc([N+](=O)[O-])cc1. The molecule has 8 nitrogen and oxygen atoms in total. The molecule has 25 heavy (non-hydrogen) atoms. The molecule has 0 aliphatic heterocycles. The van der Waals surface area contributed by atoms with Crippen molar-refractivity contribution in [1.82, 2.24) is 0 Å². The fraction of sp³-hybridized carbons (Fsp3) is 0.0667. The summed E-state index contributed by atoms with van der Waals surface area (Å²) in [5, 5.41) is 18.0. The van der Waals surface area contributed by atoms with Gasteiger partial charge in [0.25, 0.3) is 5.69 Å². The van der Waals surface area contributed by atoms with Gasteiger partial charge < -0.3 is 16.2 Å². The van der Waals surface area contributed by atoms with Gasteiger partial charge in [0, 0.05) is 22.2 Å². The van der Waals surface area contributed by atoms with Crippen LogP contribution in [0.4, 0.5) is 5.69 Å². The molecule has 2 rings (SSSR count). The average molecular weight is 471 g/mol. The first-order valence-corrected chi connectivity index (χ1v) is 8.42. The Hall–Kier alpha value is -2.46. The Morgan fingerprint density at radius 1 is 1.24 bits per heavy atom. The number of nitrogens with two attached hydrogens (primary N) is 2. The summed E-state index contributed by atoms with van der Waals surface area (Å²) < 4.78 is 7.34. The highest BCUT2D eigenvalue weighted by Crippen LogP contribution is 2.32. The van der Waals surface area contributed by atoms with E-state index in [1.807, 2.05) is 6.07 Å². The van der Waals surface area contributed by atoms with Crippen molar-refractivity contribution < 1.29 is 9.66 Å². The van der Waals surface area contributed by atoms with Crippen molar-refractivity contribution in [1.29, 1.82) is 0 Å². The molecule has 0 fully saturated rings. The highest BCUT2D eigenvalue weighted by atomic mass is 79.9. The van der Waals surface area contributed by atoms with Crippen LogP contribution in [-0.2, 0) is 6.61 Å². The molecule has 0 spiro atoms. The largest absolute Gasteiger partial charge is 0.487 e. The minimum absolute atomic E-state index is 0.0265. The standard InChI is InChI=1S/C15H13Br2N5O3/c16-11-5-10(7-20-21-15(18)19)14(13(17)6-11)25-8-9-1-3-12(4-2-9)22(23)24/h1-7H,8H2,(H4,18,19,21). The number of guanidine groups is 1. The summed E-state index contributed by atoms with van der Waals surface area (Å²) >= 11 is 6.82. The van der Waals surface area contributed by atoms with Gasteiger partial charge in [0.15, 0.2) is 0 Å². The van der Waals surface area contributed by atoms with Crippen LogP contribution in [-0.4, -0.2) is 17.1 Å². The molecule has 0 saturated carbocycles. The lowest BCUT2D eigenvalue weighted by molar-refractivity contribution is -0.384. The number of nitro benzene ring substituents is 1. The predicted octanol–water partition coefficient (Wildman–Crippen LogP) is 3.31. The molecule has 4 N–H and O–H groups in total. The van der Waals surface area contributed by atoms with Crippen molar-refractivity contribution in [2.24, 2.45) is 21.7 Å². The van der Waals surface area contributed by atoms with Crippen molar-refractivity contribution in [3.63, 3.8) is 0 Å². The molecule has 0 heterocycles. The van der Waals surface area contributed by atoms with Crippen LogP contribution in [0, 0.1) is 10.1 Å². The zero-order chi connectivity index (χ0) is 18.4. The van der Waals surface area contributed by atoms with Gasteiger partial charge in [-0.25, -0.2) is 0 Å². The first-order valence-electron chi connectivity index (χ1n) is 6.84. The van der Waals surface area contributed by atoms with E-state index in [0.29, 0.717) is 15.8 Å². The number of nitro groups is 1. The van der Waals surface area contributed by atoms with Crippen LogP contribution in [0.15, 0.2) is 55.5 Å². The molecule has 10 heteroatoms. The minimum Gasteiger partial charge on any atom is -0.487 e. The lowest BCUT2D eigenvalue weighted by Crippen LogP contribution is -2.21. The molecule has 2 aromatic rings. The number of benzene rings is 2. The van der Waals surface area contributed by atoms with Gasteiger partial charge in [-0.3, -0.25) is 10.1 Å². The fourth-order valence-electron chi connectivity index (χ4n) is 1.86. The van der Waals surface area contributed by atoms with E-state index < -0.39 is 4.92 Å². The Bertz CT molecular complexity index is 834. The fourth-order valence-corrected chi connectivity index (χ4v) is 3.23. The molecular weight excluding hydrogens is 458 g/mol. The lowest BCUT2D eigenvalue weighted by Gasteiger charge is -2.12. The normalized spacial score (nSPS) is 10.6. The maximum absolute atomic E-state index is 10.7. The zero-order valence-corrected chi connectivity index (χ0v) is 15.9. The second kappa shape index (κ2) is 8.58. The Morgan fingerprint density at radius 3 is 2.52 bits per heavy atom. The zero-order valence-electron chi connectivity index (χ0n) is 12.7. The van der Waals surface area contributed by atoms with E-state index in [9.17, 15) is 10.1 Å². The molecule has 0 atom stereocenters. The van der Waals surface area contributed by atoms with Crippen LogP contribution < -0.4 is 16.2 Å². The monoisotopic (exact) mass is 469 g/mol. The highest BCUT2D eigenvalue weighted by molar-refractivity contribution is 9.11. The number of rotatable bonds is 6. The third kappa shape index (κ3) is 5.54. The average Bonchev–Trinajstić information content (AvgIpc) is 2.54. The number of hydrogen-bond donors (Lipinski definition) is 2. The molecular formula is C15H13Br2N5O3. The molecule has 2 aromatic carbocycles. The first-order chi connectivity index (χ1) is 11.9. The van der Waals surface area contributed by atoms with E-state index in [4.69, 9.17) is 16.2 Å². The third-order valence-electron chi connectivity index (χ3n) is 2.94. The van der Waals surface area contributed by atoms with Crippen molar-refractivity contribution in [3.8, 4) is 5.75 Å². The number of nitrogens with zero attached hydrogens (tertiary/aromatic N) is 3. The Labute approximate surface area is 160 Å². The Morgan fingerprint density at radius 2 is 1.92 bits per heavy atom. The van der Waals surface area contributed by atoms with Gasteiger partial charge in [0.1, 0.15) is 12.4 Å². The third-order valence-corrected chi connectivity index (χ3v) is 3.98. The predicted molar refractivity (Wildman–Crippen MR) is 103 cm³/mol. The summed E-state index contributed by atoms with van der Waals surface area (Å²) in [5.41, 5.74) is 11.9. The molecule has 0 unspecified atom stereocenters. The van der Waals surface area contributed by atoms with Gasteiger partial charge >= 0.3 is 0 Å². The van der Waals surface area contributed by atoms with E-state index in [0.717, 1.165) is 10.0 Å². The molecule has 0 radical (unpaired) electrons. The second-order valence-corrected chi connectivity index (χ2v) is 6.56. The van der Waals surface area contributed by atoms with E-state index in [-0.39, 0.29) is 18.3 Å². The van der Waals surface area contributed by atoms with Crippen LogP contribution in [0.3, 0.4) is 0 Å². The van der Waals surface area contributed by atoms with Crippen LogP contribution in [0.1, 0.15) is 11.1 Å². The molecule has 0 aliphatic carbocycles. The summed E-state index contributed by atoms with van der Waals surface area (Å²) in [6, 6.07) is 9.74. The lowest BCUT2D eigenvalue weighted by atomic mass is 10.2. The Kier molecular flexibility index (Phi) is 6.48. The van der Waals surface area contributed by atoms with Crippen molar-refractivity contribution in [2.75, 3.05) is 0 Å². The second-order valence-electron chi connectivity index (χ2n) is 4.79. The number of halogens is 2. The van der Waals surface area contributed by atoms with Gasteiger partial charge in [0.05, 0.1) is 15.6 Å². The summed E-state index contributed by atoms with van der Waals surface area (Å²) in [6.45, 7) is 0.224. The molecule has 0 saturated heterocycles. The topological polar surface area (TPSA) is 129 Å². The maximum atomic E-state index is 10.7. The van der Waals surface area contributed by atoms with E-state index in [2.05, 4.69) is 42.1 Å². The molecule has 130 valence electrons. The smallest absolute Gasteiger partial charge is 0.269 e. The van der Waals surface area contributed by atoms with Crippen LogP contribution >= 0.6 is 31.9 Å². The number of ether oxygens (including phenoxy) is 1. The van der Waals surface area contributed by atoms with Crippen molar-refractivity contribution in [2.45, 2.75) is 6.61 Å². The minimum atomic E-state index is -0.450. The molecule has 0 amide bonds. The quantitative estimate of drug-likeness (QED) is 0.289. The summed E-state index contributed by atoms with van der Waals surface area (Å²) in [5.74, 6) is 0.384. The van der Waals surface area contributed by atoms with Gasteiger partial charge in [-0.15, -0.1) is 5.10 Å². The summed E-state index contributed by atoms with van der Waals surface area (Å²) in [7, 11) is 0. The van der Waals surface area contributed by atoms with Gasteiger partial charge in [0.2, 0.25) is 5.96 Å². The first kappa shape index (κ1) is 18.9. The van der Waals surface area contributed by atoms with E-state index >= 15 is 0 Å². The maximum Gasteiger partial charge on any atom is 0.269 e. The summed E-state index contributed by atoms with van der Waals surface area (Å²) in [4.78, 5) is 10.2. The van der Waals surface area contributed by atoms with Gasteiger partial charge in [-0.05, 0) is 45.8 Å². The molecule has 0 bridgehead atoms. The van der Waals surface area contributed by atoms with Crippen LogP contribution in [0.2, 0.25) is 0 Å².